The number of aryl methyl sites for hydroxylation is 1. The molecule has 3 aromatic rings. The Morgan fingerprint density at radius 2 is 1.96 bits per heavy atom. The summed E-state index contributed by atoms with van der Waals surface area (Å²) in [7, 11) is 1.72. The Morgan fingerprint density at radius 3 is 2.75 bits per heavy atom. The summed E-state index contributed by atoms with van der Waals surface area (Å²) in [4.78, 5) is 9.24. The maximum Gasteiger partial charge on any atom is 0.119 e. The highest BCUT2D eigenvalue weighted by atomic mass is 16.5. The van der Waals surface area contributed by atoms with E-state index >= 15 is 0 Å². The second-order valence-corrected chi connectivity index (χ2v) is 7.22. The highest BCUT2D eigenvalue weighted by Gasteiger charge is 2.18. The molecule has 0 unspecified atom stereocenters. The van der Waals surface area contributed by atoms with Crippen LogP contribution in [0.4, 0.5) is 5.69 Å². The lowest BCUT2D eigenvalue weighted by Gasteiger charge is -2.25. The molecule has 6 heteroatoms. The van der Waals surface area contributed by atoms with E-state index in [1.54, 1.807) is 7.11 Å². The fraction of sp³-hybridized carbons (Fsp3) is 0.364. The number of rotatable bonds is 5. The van der Waals surface area contributed by atoms with Crippen LogP contribution in [0.15, 0.2) is 55.1 Å². The van der Waals surface area contributed by atoms with Gasteiger partial charge >= 0.3 is 0 Å². The third kappa shape index (κ3) is 4.02. The van der Waals surface area contributed by atoms with Crippen LogP contribution in [-0.4, -0.2) is 53.0 Å². The molecule has 4 rings (SSSR count). The van der Waals surface area contributed by atoms with Crippen LogP contribution >= 0.6 is 0 Å². The maximum atomic E-state index is 5.47. The number of hydrogen-bond donors (Lipinski definition) is 0. The summed E-state index contributed by atoms with van der Waals surface area (Å²) in [5.74, 6) is 0.884. The van der Waals surface area contributed by atoms with Gasteiger partial charge in [-0.05, 0) is 54.8 Å². The smallest absolute Gasteiger partial charge is 0.119 e. The largest absolute Gasteiger partial charge is 0.497 e. The summed E-state index contributed by atoms with van der Waals surface area (Å²) in [5, 5.41) is 4.42. The first kappa shape index (κ1) is 18.5. The van der Waals surface area contributed by atoms with Crippen molar-refractivity contribution in [2.24, 2.45) is 0 Å². The summed E-state index contributed by atoms with van der Waals surface area (Å²) in [6, 6.07) is 10.3. The molecule has 3 heterocycles. The molecule has 0 radical (unpaired) electrons. The van der Waals surface area contributed by atoms with Gasteiger partial charge in [-0.25, -0.2) is 4.68 Å². The summed E-state index contributed by atoms with van der Waals surface area (Å²) < 4.78 is 7.40. The quantitative estimate of drug-likeness (QED) is 0.683. The number of anilines is 1. The molecule has 0 saturated carbocycles. The van der Waals surface area contributed by atoms with Gasteiger partial charge in [0.1, 0.15) is 5.75 Å². The molecular formula is C22H27N5O. The molecule has 1 fully saturated rings. The Labute approximate surface area is 166 Å². The fourth-order valence-electron chi connectivity index (χ4n) is 3.88. The van der Waals surface area contributed by atoms with Gasteiger partial charge in [-0.2, -0.15) is 5.10 Å². The molecule has 0 spiro atoms. The molecule has 1 saturated heterocycles. The Bertz CT molecular complexity index is 909. The van der Waals surface area contributed by atoms with Gasteiger partial charge in [0.25, 0.3) is 0 Å². The van der Waals surface area contributed by atoms with Crippen LogP contribution in [-0.2, 0) is 6.54 Å². The van der Waals surface area contributed by atoms with E-state index < -0.39 is 0 Å². The van der Waals surface area contributed by atoms with Crippen molar-refractivity contribution < 1.29 is 4.74 Å². The summed E-state index contributed by atoms with van der Waals surface area (Å²) in [6.45, 7) is 7.22. The Hall–Kier alpha value is -2.86. The van der Waals surface area contributed by atoms with Gasteiger partial charge in [0.15, 0.2) is 0 Å². The van der Waals surface area contributed by atoms with Gasteiger partial charge < -0.3 is 9.64 Å². The molecule has 1 aliphatic heterocycles. The van der Waals surface area contributed by atoms with E-state index in [1.165, 1.54) is 16.8 Å². The minimum Gasteiger partial charge on any atom is -0.497 e. The third-order valence-corrected chi connectivity index (χ3v) is 5.35. The van der Waals surface area contributed by atoms with Crippen LogP contribution in [0.1, 0.15) is 17.5 Å². The molecule has 1 aliphatic rings. The van der Waals surface area contributed by atoms with E-state index in [0.717, 1.165) is 50.6 Å². The summed E-state index contributed by atoms with van der Waals surface area (Å²) in [6.07, 6.45) is 8.78. The van der Waals surface area contributed by atoms with Gasteiger partial charge in [0.2, 0.25) is 0 Å². The van der Waals surface area contributed by atoms with Crippen LogP contribution < -0.4 is 9.64 Å². The van der Waals surface area contributed by atoms with Crippen LogP contribution in [0.3, 0.4) is 0 Å². The molecule has 6 nitrogen and oxygen atoms in total. The lowest BCUT2D eigenvalue weighted by Crippen LogP contribution is -2.31. The first-order valence-electron chi connectivity index (χ1n) is 9.79. The van der Waals surface area contributed by atoms with Crippen molar-refractivity contribution in [1.29, 1.82) is 0 Å². The zero-order chi connectivity index (χ0) is 19.3. The predicted octanol–water partition coefficient (Wildman–Crippen LogP) is 3.30. The van der Waals surface area contributed by atoms with E-state index in [0.29, 0.717) is 0 Å². The van der Waals surface area contributed by atoms with Crippen LogP contribution in [0.5, 0.6) is 5.75 Å². The first-order chi connectivity index (χ1) is 13.7. The van der Waals surface area contributed by atoms with Crippen molar-refractivity contribution in [3.8, 4) is 11.4 Å². The van der Waals surface area contributed by atoms with E-state index in [-0.39, 0.29) is 0 Å². The maximum absolute atomic E-state index is 5.47. The Kier molecular flexibility index (Phi) is 5.58. The summed E-state index contributed by atoms with van der Waals surface area (Å²) >= 11 is 0. The Morgan fingerprint density at radius 1 is 1.04 bits per heavy atom. The minimum atomic E-state index is 0.884. The van der Waals surface area contributed by atoms with Crippen LogP contribution in [0.25, 0.3) is 5.69 Å². The minimum absolute atomic E-state index is 0.884. The zero-order valence-corrected chi connectivity index (χ0v) is 16.6. The van der Waals surface area contributed by atoms with Crippen molar-refractivity contribution in [3.63, 3.8) is 0 Å². The number of hydrogen-bond acceptors (Lipinski definition) is 5. The van der Waals surface area contributed by atoms with Crippen LogP contribution in [0.2, 0.25) is 0 Å². The van der Waals surface area contributed by atoms with E-state index in [2.05, 4.69) is 45.0 Å². The normalized spacial score (nSPS) is 15.4. The second-order valence-electron chi connectivity index (χ2n) is 7.22. The average molecular weight is 377 g/mol. The zero-order valence-electron chi connectivity index (χ0n) is 16.6. The standard InChI is InChI=1S/C22H27N5O/c1-18-16-23-9-7-21(18)26-11-4-10-25(13-14-26)17-19-15-20(28-2)5-6-22(19)27-12-3-8-24-27/h3,5-9,12,15-16H,4,10-11,13-14,17H2,1-2H3. The molecule has 0 amide bonds. The highest BCUT2D eigenvalue weighted by molar-refractivity contribution is 5.51. The molecule has 1 aromatic carbocycles. The van der Waals surface area contributed by atoms with Crippen molar-refractivity contribution in [2.75, 3.05) is 38.2 Å². The molecule has 0 bridgehead atoms. The average Bonchev–Trinajstić information content (AvgIpc) is 3.15. The fourth-order valence-corrected chi connectivity index (χ4v) is 3.88. The van der Waals surface area contributed by atoms with E-state index in [1.807, 2.05) is 41.6 Å². The van der Waals surface area contributed by atoms with Gasteiger partial charge in [0, 0.05) is 63.2 Å². The molecule has 146 valence electrons. The van der Waals surface area contributed by atoms with Crippen molar-refractivity contribution in [1.82, 2.24) is 19.7 Å². The van der Waals surface area contributed by atoms with Crippen molar-refractivity contribution in [2.45, 2.75) is 19.9 Å². The number of nitrogens with zero attached hydrogens (tertiary/aromatic N) is 5. The SMILES string of the molecule is COc1ccc(-n2cccn2)c(CN2CCCN(c3ccncc3C)CC2)c1. The molecule has 28 heavy (non-hydrogen) atoms. The van der Waals surface area contributed by atoms with E-state index in [4.69, 9.17) is 4.74 Å². The van der Waals surface area contributed by atoms with Gasteiger partial charge in [-0.15, -0.1) is 0 Å². The predicted molar refractivity (Wildman–Crippen MR) is 111 cm³/mol. The van der Waals surface area contributed by atoms with Gasteiger partial charge in [0.05, 0.1) is 12.8 Å². The lowest BCUT2D eigenvalue weighted by molar-refractivity contribution is 0.284. The van der Waals surface area contributed by atoms with Crippen LogP contribution in [0, 0.1) is 6.92 Å². The summed E-state index contributed by atoms with van der Waals surface area (Å²) in [5.41, 5.74) is 4.88. The molecular weight excluding hydrogens is 350 g/mol. The lowest BCUT2D eigenvalue weighted by atomic mass is 10.1. The molecule has 0 aliphatic carbocycles. The Balaban J connectivity index is 1.51. The van der Waals surface area contributed by atoms with Gasteiger partial charge in [-0.1, -0.05) is 0 Å². The number of benzene rings is 1. The van der Waals surface area contributed by atoms with Gasteiger partial charge in [-0.3, -0.25) is 9.88 Å². The molecule has 2 aromatic heterocycles. The topological polar surface area (TPSA) is 46.4 Å². The van der Waals surface area contributed by atoms with Crippen molar-refractivity contribution in [3.05, 3.63) is 66.2 Å². The number of aromatic nitrogens is 3. The third-order valence-electron chi connectivity index (χ3n) is 5.35. The van der Waals surface area contributed by atoms with E-state index in [9.17, 15) is 0 Å². The van der Waals surface area contributed by atoms with Crippen molar-refractivity contribution >= 4 is 5.69 Å². The molecule has 0 N–H and O–H groups in total. The number of ether oxygens (including phenoxy) is 1. The first-order valence-corrected chi connectivity index (χ1v) is 9.79. The number of pyridine rings is 1. The molecule has 0 atom stereocenters. The monoisotopic (exact) mass is 377 g/mol. The highest BCUT2D eigenvalue weighted by Crippen LogP contribution is 2.24. The number of methoxy groups -OCH3 is 1. The second kappa shape index (κ2) is 8.44.